The van der Waals surface area contributed by atoms with Crippen molar-refractivity contribution in [3.8, 4) is 11.5 Å². The van der Waals surface area contributed by atoms with Crippen LogP contribution in [-0.4, -0.2) is 50.7 Å². The monoisotopic (exact) mass is 335 g/mol. The summed E-state index contributed by atoms with van der Waals surface area (Å²) in [5.41, 5.74) is 0.525. The van der Waals surface area contributed by atoms with E-state index in [9.17, 15) is 9.59 Å². The molecule has 0 unspecified atom stereocenters. The molecule has 1 aliphatic carbocycles. The van der Waals surface area contributed by atoms with Crippen LogP contribution in [0.15, 0.2) is 18.2 Å². The van der Waals surface area contributed by atoms with Crippen molar-refractivity contribution < 1.29 is 23.8 Å². The van der Waals surface area contributed by atoms with Crippen molar-refractivity contribution in [3.05, 3.63) is 23.8 Å². The Labute approximate surface area is 142 Å². The van der Waals surface area contributed by atoms with E-state index in [0.717, 1.165) is 12.8 Å². The lowest BCUT2D eigenvalue weighted by molar-refractivity contribution is -0.143. The second-order valence-electron chi connectivity index (χ2n) is 5.82. The number of rotatable bonds is 9. The van der Waals surface area contributed by atoms with Gasteiger partial charge in [-0.05, 0) is 43.9 Å². The Kier molecular flexibility index (Phi) is 6.46. The maximum absolute atomic E-state index is 12.8. The van der Waals surface area contributed by atoms with Gasteiger partial charge in [0.1, 0.15) is 0 Å². The zero-order valence-corrected chi connectivity index (χ0v) is 14.5. The molecule has 24 heavy (non-hydrogen) atoms. The third-order valence-electron chi connectivity index (χ3n) is 3.98. The minimum Gasteiger partial charge on any atom is -0.493 e. The molecule has 0 bridgehead atoms. The van der Waals surface area contributed by atoms with Crippen molar-refractivity contribution in [3.63, 3.8) is 0 Å². The highest BCUT2D eigenvalue weighted by Gasteiger charge is 2.28. The number of benzene rings is 1. The van der Waals surface area contributed by atoms with Crippen LogP contribution in [0.5, 0.6) is 11.5 Å². The summed E-state index contributed by atoms with van der Waals surface area (Å²) in [5, 5.41) is 0. The number of carbonyl (C=O) groups excluding carboxylic acids is 2. The summed E-state index contributed by atoms with van der Waals surface area (Å²) in [6.45, 7) is 3.16. The SMILES string of the molecule is CCOC(=O)CCN(CC1CC1)C(=O)c1ccc(OC)c(OC)c1. The number of methoxy groups -OCH3 is 2. The Morgan fingerprint density at radius 2 is 1.88 bits per heavy atom. The molecular weight excluding hydrogens is 310 g/mol. The second-order valence-corrected chi connectivity index (χ2v) is 5.82. The molecule has 1 fully saturated rings. The molecule has 0 aromatic heterocycles. The fourth-order valence-corrected chi connectivity index (χ4v) is 2.50. The first kappa shape index (κ1) is 18.1. The van der Waals surface area contributed by atoms with Crippen LogP contribution in [-0.2, 0) is 9.53 Å². The van der Waals surface area contributed by atoms with Crippen molar-refractivity contribution >= 4 is 11.9 Å². The summed E-state index contributed by atoms with van der Waals surface area (Å²) >= 11 is 0. The Morgan fingerprint density at radius 3 is 2.46 bits per heavy atom. The number of ether oxygens (including phenoxy) is 3. The fourth-order valence-electron chi connectivity index (χ4n) is 2.50. The lowest BCUT2D eigenvalue weighted by atomic mass is 10.1. The van der Waals surface area contributed by atoms with Gasteiger partial charge in [0, 0.05) is 18.7 Å². The highest BCUT2D eigenvalue weighted by atomic mass is 16.5. The molecular formula is C18H25NO5. The first-order valence-electron chi connectivity index (χ1n) is 8.26. The quantitative estimate of drug-likeness (QED) is 0.649. The summed E-state index contributed by atoms with van der Waals surface area (Å²) in [7, 11) is 3.09. The van der Waals surface area contributed by atoms with Crippen LogP contribution in [0.3, 0.4) is 0 Å². The van der Waals surface area contributed by atoms with Crippen LogP contribution < -0.4 is 9.47 Å². The van der Waals surface area contributed by atoms with E-state index >= 15 is 0 Å². The van der Waals surface area contributed by atoms with Gasteiger partial charge >= 0.3 is 5.97 Å². The minimum atomic E-state index is -0.279. The third kappa shape index (κ3) is 4.88. The normalized spacial score (nSPS) is 13.3. The number of esters is 1. The van der Waals surface area contributed by atoms with Crippen molar-refractivity contribution in [1.29, 1.82) is 0 Å². The average Bonchev–Trinajstić information content (AvgIpc) is 3.41. The largest absolute Gasteiger partial charge is 0.493 e. The molecule has 0 heterocycles. The highest BCUT2D eigenvalue weighted by Crippen LogP contribution is 2.31. The molecule has 0 atom stereocenters. The van der Waals surface area contributed by atoms with Gasteiger partial charge in [0.05, 0.1) is 27.2 Å². The standard InChI is InChI=1S/C18H25NO5/c1-4-24-17(20)9-10-19(12-13-5-6-13)18(21)14-7-8-15(22-2)16(11-14)23-3/h7-8,11,13H,4-6,9-10,12H2,1-3H3. The summed E-state index contributed by atoms with van der Waals surface area (Å²) in [6.07, 6.45) is 2.48. The molecule has 0 saturated heterocycles. The van der Waals surface area contributed by atoms with E-state index in [4.69, 9.17) is 14.2 Å². The highest BCUT2D eigenvalue weighted by molar-refractivity contribution is 5.95. The molecule has 1 aromatic carbocycles. The number of hydrogen-bond acceptors (Lipinski definition) is 5. The minimum absolute atomic E-state index is 0.104. The lowest BCUT2D eigenvalue weighted by Crippen LogP contribution is -2.35. The second kappa shape index (κ2) is 8.57. The summed E-state index contributed by atoms with van der Waals surface area (Å²) in [5.74, 6) is 1.25. The predicted octanol–water partition coefficient (Wildman–Crippen LogP) is 2.51. The molecule has 6 heteroatoms. The van der Waals surface area contributed by atoms with E-state index in [-0.39, 0.29) is 18.3 Å². The molecule has 0 radical (unpaired) electrons. The number of nitrogens with zero attached hydrogens (tertiary/aromatic N) is 1. The van der Waals surface area contributed by atoms with Crippen LogP contribution >= 0.6 is 0 Å². The Balaban J connectivity index is 2.09. The predicted molar refractivity (Wildman–Crippen MR) is 89.4 cm³/mol. The van der Waals surface area contributed by atoms with Gasteiger partial charge in [-0.1, -0.05) is 0 Å². The third-order valence-corrected chi connectivity index (χ3v) is 3.98. The van der Waals surface area contributed by atoms with Crippen molar-refractivity contribution in [2.75, 3.05) is 33.9 Å². The first-order valence-corrected chi connectivity index (χ1v) is 8.26. The molecule has 1 aromatic rings. The van der Waals surface area contributed by atoms with E-state index in [1.807, 2.05) is 0 Å². The van der Waals surface area contributed by atoms with Crippen molar-refractivity contribution in [2.24, 2.45) is 5.92 Å². The van der Waals surface area contributed by atoms with Crippen molar-refractivity contribution in [2.45, 2.75) is 26.2 Å². The number of hydrogen-bond donors (Lipinski definition) is 0. The lowest BCUT2D eigenvalue weighted by Gasteiger charge is -2.23. The van der Waals surface area contributed by atoms with Gasteiger partial charge in [0.2, 0.25) is 0 Å². The van der Waals surface area contributed by atoms with E-state index < -0.39 is 0 Å². The molecule has 132 valence electrons. The van der Waals surface area contributed by atoms with Crippen molar-refractivity contribution in [1.82, 2.24) is 4.90 Å². The zero-order chi connectivity index (χ0) is 17.5. The Morgan fingerprint density at radius 1 is 1.17 bits per heavy atom. The van der Waals surface area contributed by atoms with Gasteiger partial charge < -0.3 is 19.1 Å². The topological polar surface area (TPSA) is 65.1 Å². The van der Waals surface area contributed by atoms with Gasteiger partial charge in [0.25, 0.3) is 5.91 Å². The zero-order valence-electron chi connectivity index (χ0n) is 14.5. The fraction of sp³-hybridized carbons (Fsp3) is 0.556. The van der Waals surface area contributed by atoms with E-state index in [0.29, 0.717) is 42.7 Å². The van der Waals surface area contributed by atoms with Gasteiger partial charge in [-0.15, -0.1) is 0 Å². The maximum Gasteiger partial charge on any atom is 0.307 e. The number of carbonyl (C=O) groups is 2. The van der Waals surface area contributed by atoms with Crippen LogP contribution in [0.2, 0.25) is 0 Å². The summed E-state index contributed by atoms with van der Waals surface area (Å²) < 4.78 is 15.4. The van der Waals surface area contributed by atoms with Gasteiger partial charge in [-0.3, -0.25) is 9.59 Å². The summed E-state index contributed by atoms with van der Waals surface area (Å²) in [4.78, 5) is 26.2. The van der Waals surface area contributed by atoms with Gasteiger partial charge in [-0.2, -0.15) is 0 Å². The molecule has 2 rings (SSSR count). The van der Waals surface area contributed by atoms with Crippen LogP contribution in [0, 0.1) is 5.92 Å². The van der Waals surface area contributed by atoms with Crippen LogP contribution in [0.4, 0.5) is 0 Å². The number of amides is 1. The molecule has 1 amide bonds. The maximum atomic E-state index is 12.8. The Bertz CT molecular complexity index is 583. The molecule has 0 aliphatic heterocycles. The molecule has 1 saturated carbocycles. The molecule has 0 spiro atoms. The molecule has 6 nitrogen and oxygen atoms in total. The van der Waals surface area contributed by atoms with Gasteiger partial charge in [-0.25, -0.2) is 0 Å². The average molecular weight is 335 g/mol. The van der Waals surface area contributed by atoms with E-state index in [1.165, 1.54) is 7.11 Å². The first-order chi connectivity index (χ1) is 11.6. The molecule has 0 N–H and O–H groups in total. The Hall–Kier alpha value is -2.24. The van der Waals surface area contributed by atoms with Crippen LogP contribution in [0.1, 0.15) is 36.5 Å². The smallest absolute Gasteiger partial charge is 0.307 e. The van der Waals surface area contributed by atoms with Crippen LogP contribution in [0.25, 0.3) is 0 Å². The van der Waals surface area contributed by atoms with Gasteiger partial charge in [0.15, 0.2) is 11.5 Å². The van der Waals surface area contributed by atoms with E-state index in [2.05, 4.69) is 0 Å². The molecule has 1 aliphatic rings. The van der Waals surface area contributed by atoms with E-state index in [1.54, 1.807) is 37.1 Å². The summed E-state index contributed by atoms with van der Waals surface area (Å²) in [6, 6.07) is 5.10.